The number of methoxy groups -OCH3 is 1. The number of hydrogen-bond donors (Lipinski definition) is 1. The van der Waals surface area contributed by atoms with E-state index in [1.807, 2.05) is 0 Å². The van der Waals surface area contributed by atoms with E-state index in [-0.39, 0.29) is 17.1 Å². The number of hydrogen-bond acceptors (Lipinski definition) is 4. The molecular formula is C13H17FO3S. The average molecular weight is 272 g/mol. The van der Waals surface area contributed by atoms with Crippen LogP contribution in [0.1, 0.15) is 29.3 Å². The van der Waals surface area contributed by atoms with Crippen molar-refractivity contribution in [2.24, 2.45) is 0 Å². The fraction of sp³-hybridized carbons (Fsp3) is 0.462. The summed E-state index contributed by atoms with van der Waals surface area (Å²) in [7, 11) is 1.64. The Balaban J connectivity index is 2.68. The molecule has 1 rings (SSSR count). The van der Waals surface area contributed by atoms with Crippen molar-refractivity contribution >= 4 is 17.5 Å². The number of Topliss-reactive ketones (excluding diaryl/α,β-unsaturated/α-hetero) is 1. The first-order valence-corrected chi connectivity index (χ1v) is 6.80. The zero-order valence-corrected chi connectivity index (χ0v) is 11.3. The smallest absolute Gasteiger partial charge is 0.163 e. The van der Waals surface area contributed by atoms with Crippen LogP contribution in [0.3, 0.4) is 0 Å². The third kappa shape index (κ3) is 4.31. The number of phenolic OH excluding ortho intramolecular Hbond substituents is 1. The number of carbonyl (C=O) groups excluding carboxylic acids is 1. The molecule has 0 fully saturated rings. The maximum Gasteiger partial charge on any atom is 0.163 e. The van der Waals surface area contributed by atoms with Crippen molar-refractivity contribution in [2.75, 3.05) is 19.5 Å². The highest BCUT2D eigenvalue weighted by molar-refractivity contribution is 7.98. The van der Waals surface area contributed by atoms with E-state index >= 15 is 0 Å². The monoisotopic (exact) mass is 272 g/mol. The topological polar surface area (TPSA) is 46.5 Å². The van der Waals surface area contributed by atoms with Gasteiger partial charge in [0.15, 0.2) is 5.78 Å². The Bertz CT molecular complexity index is 421. The molecule has 0 aliphatic rings. The van der Waals surface area contributed by atoms with E-state index in [9.17, 15) is 14.3 Å². The molecule has 100 valence electrons. The van der Waals surface area contributed by atoms with Gasteiger partial charge in [-0.15, -0.1) is 0 Å². The van der Waals surface area contributed by atoms with Crippen molar-refractivity contribution in [1.29, 1.82) is 0 Å². The van der Waals surface area contributed by atoms with Gasteiger partial charge in [-0.25, -0.2) is 4.39 Å². The number of phenols is 1. The first-order chi connectivity index (χ1) is 8.56. The van der Waals surface area contributed by atoms with Gasteiger partial charge in [-0.2, -0.15) is 11.8 Å². The van der Waals surface area contributed by atoms with Crippen LogP contribution in [0.15, 0.2) is 12.1 Å². The molecule has 1 N–H and O–H groups in total. The second kappa shape index (κ2) is 7.38. The lowest BCUT2D eigenvalue weighted by atomic mass is 10.1. The van der Waals surface area contributed by atoms with Crippen LogP contribution in [0.5, 0.6) is 5.75 Å². The second-order valence-electron chi connectivity index (χ2n) is 3.92. The highest BCUT2D eigenvalue weighted by Crippen LogP contribution is 2.28. The molecule has 0 amide bonds. The van der Waals surface area contributed by atoms with Gasteiger partial charge >= 0.3 is 0 Å². The maximum atomic E-state index is 13.3. The van der Waals surface area contributed by atoms with E-state index in [1.54, 1.807) is 18.9 Å². The molecule has 1 aromatic carbocycles. The van der Waals surface area contributed by atoms with Gasteiger partial charge in [-0.05, 0) is 31.2 Å². The van der Waals surface area contributed by atoms with E-state index in [0.29, 0.717) is 17.9 Å². The normalized spacial score (nSPS) is 10.6. The Morgan fingerprint density at radius 2 is 2.22 bits per heavy atom. The van der Waals surface area contributed by atoms with Gasteiger partial charge in [0.1, 0.15) is 11.6 Å². The third-order valence-corrected chi connectivity index (χ3v) is 3.52. The Morgan fingerprint density at radius 3 is 2.83 bits per heavy atom. The van der Waals surface area contributed by atoms with Crippen LogP contribution in [-0.4, -0.2) is 30.4 Å². The second-order valence-corrected chi connectivity index (χ2v) is 5.02. The summed E-state index contributed by atoms with van der Waals surface area (Å²) in [5.41, 5.74) is 0.505. The van der Waals surface area contributed by atoms with Crippen LogP contribution in [0.4, 0.5) is 4.39 Å². The molecule has 0 heterocycles. The van der Waals surface area contributed by atoms with E-state index in [4.69, 9.17) is 4.74 Å². The van der Waals surface area contributed by atoms with E-state index in [2.05, 4.69) is 0 Å². The zero-order valence-electron chi connectivity index (χ0n) is 10.5. The Morgan fingerprint density at radius 1 is 1.50 bits per heavy atom. The molecule has 5 heteroatoms. The number of ether oxygens (including phenoxy) is 1. The minimum absolute atomic E-state index is 0.0440. The van der Waals surface area contributed by atoms with Crippen molar-refractivity contribution in [1.82, 2.24) is 0 Å². The van der Waals surface area contributed by atoms with Crippen LogP contribution in [0.25, 0.3) is 0 Å². The summed E-state index contributed by atoms with van der Waals surface area (Å²) in [6, 6.07) is 2.34. The van der Waals surface area contributed by atoms with Gasteiger partial charge in [0.2, 0.25) is 0 Å². The molecule has 0 saturated carbocycles. The van der Waals surface area contributed by atoms with Crippen LogP contribution < -0.4 is 0 Å². The zero-order chi connectivity index (χ0) is 13.5. The number of halogens is 1. The molecule has 1 aromatic rings. The lowest BCUT2D eigenvalue weighted by molar-refractivity contribution is 0.101. The summed E-state index contributed by atoms with van der Waals surface area (Å²) in [5, 5.41) is 9.86. The number of benzene rings is 1. The summed E-state index contributed by atoms with van der Waals surface area (Å²) >= 11 is 1.57. The summed E-state index contributed by atoms with van der Waals surface area (Å²) in [4.78, 5) is 11.2. The molecule has 0 atom stereocenters. The molecule has 0 unspecified atom stereocenters. The molecule has 18 heavy (non-hydrogen) atoms. The highest BCUT2D eigenvalue weighted by atomic mass is 32.2. The first-order valence-electron chi connectivity index (χ1n) is 5.65. The molecule has 3 nitrogen and oxygen atoms in total. The van der Waals surface area contributed by atoms with Gasteiger partial charge < -0.3 is 9.84 Å². The molecule has 0 bridgehead atoms. The van der Waals surface area contributed by atoms with Crippen molar-refractivity contribution in [3.63, 3.8) is 0 Å². The Labute approximate surface area is 110 Å². The third-order valence-electron chi connectivity index (χ3n) is 2.43. The largest absolute Gasteiger partial charge is 0.507 e. The number of thioether (sulfide) groups is 1. The fourth-order valence-corrected chi connectivity index (χ4v) is 2.43. The van der Waals surface area contributed by atoms with E-state index in [1.165, 1.54) is 13.0 Å². The minimum Gasteiger partial charge on any atom is -0.507 e. The van der Waals surface area contributed by atoms with Gasteiger partial charge in [-0.1, -0.05) is 0 Å². The summed E-state index contributed by atoms with van der Waals surface area (Å²) < 4.78 is 18.2. The number of carbonyl (C=O) groups is 1. The van der Waals surface area contributed by atoms with Crippen molar-refractivity contribution in [3.05, 3.63) is 29.1 Å². The number of aromatic hydroxyl groups is 1. The van der Waals surface area contributed by atoms with Crippen molar-refractivity contribution in [3.8, 4) is 5.75 Å². The Hall–Kier alpha value is -1.07. The standard InChI is InChI=1S/C13H17FO3S/c1-9(15)12-7-11(14)6-10(13(12)16)8-18-5-3-4-17-2/h6-7,16H,3-5,8H2,1-2H3. The van der Waals surface area contributed by atoms with Gasteiger partial charge in [0.05, 0.1) is 5.56 Å². The molecule has 0 aromatic heterocycles. The van der Waals surface area contributed by atoms with Crippen LogP contribution in [0.2, 0.25) is 0 Å². The summed E-state index contributed by atoms with van der Waals surface area (Å²) in [5.74, 6) is 0.401. The summed E-state index contributed by atoms with van der Waals surface area (Å²) in [6.45, 7) is 1.99. The molecule has 0 aliphatic heterocycles. The predicted octanol–water partition coefficient (Wildman–Crippen LogP) is 3.00. The fourth-order valence-electron chi connectivity index (χ4n) is 1.52. The first kappa shape index (κ1) is 15.0. The molecular weight excluding hydrogens is 255 g/mol. The van der Waals surface area contributed by atoms with Gasteiger partial charge in [-0.3, -0.25) is 4.79 Å². The van der Waals surface area contributed by atoms with E-state index in [0.717, 1.165) is 18.2 Å². The number of ketones is 1. The van der Waals surface area contributed by atoms with E-state index < -0.39 is 5.82 Å². The molecule has 0 saturated heterocycles. The SMILES string of the molecule is COCCCSCc1cc(F)cc(C(C)=O)c1O. The summed E-state index contributed by atoms with van der Waals surface area (Å²) in [6.07, 6.45) is 0.900. The van der Waals surface area contributed by atoms with Gasteiger partial charge in [0, 0.05) is 25.0 Å². The lowest BCUT2D eigenvalue weighted by Gasteiger charge is -2.08. The van der Waals surface area contributed by atoms with Crippen molar-refractivity contribution in [2.45, 2.75) is 19.1 Å². The lowest BCUT2D eigenvalue weighted by Crippen LogP contribution is -1.98. The van der Waals surface area contributed by atoms with Crippen LogP contribution in [0, 0.1) is 5.82 Å². The molecule has 0 radical (unpaired) electrons. The highest BCUT2D eigenvalue weighted by Gasteiger charge is 2.13. The average Bonchev–Trinajstić information content (AvgIpc) is 2.32. The van der Waals surface area contributed by atoms with Crippen LogP contribution in [-0.2, 0) is 10.5 Å². The Kier molecular flexibility index (Phi) is 6.15. The van der Waals surface area contributed by atoms with Gasteiger partial charge in [0.25, 0.3) is 0 Å². The van der Waals surface area contributed by atoms with Crippen molar-refractivity contribution < 1.29 is 19.0 Å². The quantitative estimate of drug-likeness (QED) is 0.612. The molecule has 0 spiro atoms. The minimum atomic E-state index is -0.495. The number of rotatable bonds is 7. The predicted molar refractivity (Wildman–Crippen MR) is 70.7 cm³/mol. The maximum absolute atomic E-state index is 13.3. The molecule has 0 aliphatic carbocycles. The van der Waals surface area contributed by atoms with Crippen LogP contribution >= 0.6 is 11.8 Å².